The van der Waals surface area contributed by atoms with Gasteiger partial charge in [-0.1, -0.05) is 84.9 Å². The summed E-state index contributed by atoms with van der Waals surface area (Å²) in [5.41, 5.74) is 5.16. The molecule has 0 aliphatic carbocycles. The largest absolute Gasteiger partial charge is 0.508 e. The number of nitrogens with zero attached hydrogens (tertiary/aromatic N) is 3. The third-order valence-electron chi connectivity index (χ3n) is 5.05. The number of hydrogen-bond donors (Lipinski definition) is 1. The van der Waals surface area contributed by atoms with Crippen LogP contribution in [0.15, 0.2) is 109 Å². The summed E-state index contributed by atoms with van der Waals surface area (Å²) in [5.74, 6) is 1.73. The smallest absolute Gasteiger partial charge is 0.168 e. The van der Waals surface area contributed by atoms with Crippen LogP contribution in [0.1, 0.15) is 0 Å². The second kappa shape index (κ2) is 7.68. The number of rotatable bonds is 4. The van der Waals surface area contributed by atoms with E-state index in [-0.39, 0.29) is 5.75 Å². The van der Waals surface area contributed by atoms with Gasteiger partial charge < -0.3 is 5.11 Å². The third kappa shape index (κ3) is 3.35. The van der Waals surface area contributed by atoms with E-state index in [1.165, 1.54) is 5.56 Å². The predicted molar refractivity (Wildman–Crippen MR) is 119 cm³/mol. The average molecular weight is 389 g/mol. The maximum atomic E-state index is 9.73. The molecule has 1 N–H and O–H groups in total. The van der Waals surface area contributed by atoms with Crippen LogP contribution >= 0.6 is 0 Å². The Kier molecular flexibility index (Phi) is 4.58. The van der Waals surface area contributed by atoms with E-state index >= 15 is 0 Å². The molecule has 5 rings (SSSR count). The lowest BCUT2D eigenvalue weighted by Gasteiger charge is -2.11. The van der Waals surface area contributed by atoms with Gasteiger partial charge in [-0.2, -0.15) is 0 Å². The van der Waals surface area contributed by atoms with Gasteiger partial charge in [-0.15, -0.1) is 10.2 Å². The highest BCUT2D eigenvalue weighted by molar-refractivity contribution is 5.71. The summed E-state index contributed by atoms with van der Waals surface area (Å²) in [6, 6.07) is 35.7. The number of benzene rings is 4. The minimum absolute atomic E-state index is 0.224. The first-order valence-electron chi connectivity index (χ1n) is 9.76. The highest BCUT2D eigenvalue weighted by atomic mass is 16.3. The highest BCUT2D eigenvalue weighted by Crippen LogP contribution is 2.30. The van der Waals surface area contributed by atoms with Crippen molar-refractivity contribution in [1.29, 1.82) is 0 Å². The molecule has 1 heterocycles. The van der Waals surface area contributed by atoms with Gasteiger partial charge in [-0.05, 0) is 35.4 Å². The second-order valence-electron chi connectivity index (χ2n) is 7.01. The quantitative estimate of drug-likeness (QED) is 0.412. The zero-order valence-corrected chi connectivity index (χ0v) is 16.2. The molecule has 4 aromatic carbocycles. The standard InChI is InChI=1S/C26H19N3O/c30-24-17-15-23(16-18-24)29-25(21-9-5-2-6-10-21)27-28-26(29)22-13-11-20(12-14-22)19-7-3-1-4-8-19/h1-18,30H. The van der Waals surface area contributed by atoms with Crippen LogP contribution in [0.2, 0.25) is 0 Å². The van der Waals surface area contributed by atoms with Crippen molar-refractivity contribution in [3.05, 3.63) is 109 Å². The van der Waals surface area contributed by atoms with Crippen LogP contribution in [0.25, 0.3) is 39.6 Å². The van der Waals surface area contributed by atoms with Gasteiger partial charge in [0.25, 0.3) is 0 Å². The minimum Gasteiger partial charge on any atom is -0.508 e. The Morgan fingerprint density at radius 3 is 1.47 bits per heavy atom. The van der Waals surface area contributed by atoms with Crippen LogP contribution in [0, 0.1) is 0 Å². The van der Waals surface area contributed by atoms with Crippen molar-refractivity contribution in [2.45, 2.75) is 0 Å². The molecule has 0 bridgehead atoms. The molecule has 0 aliphatic rings. The summed E-state index contributed by atoms with van der Waals surface area (Å²) in [6.45, 7) is 0. The highest BCUT2D eigenvalue weighted by Gasteiger charge is 2.17. The zero-order valence-electron chi connectivity index (χ0n) is 16.2. The van der Waals surface area contributed by atoms with Gasteiger partial charge >= 0.3 is 0 Å². The van der Waals surface area contributed by atoms with Gasteiger partial charge in [0.1, 0.15) is 5.75 Å². The maximum Gasteiger partial charge on any atom is 0.168 e. The van der Waals surface area contributed by atoms with Gasteiger partial charge in [-0.3, -0.25) is 4.57 Å². The van der Waals surface area contributed by atoms with E-state index in [1.54, 1.807) is 12.1 Å². The Balaban J connectivity index is 1.63. The summed E-state index contributed by atoms with van der Waals surface area (Å²) >= 11 is 0. The molecule has 1 aromatic heterocycles. The van der Waals surface area contributed by atoms with Crippen LogP contribution < -0.4 is 0 Å². The molecule has 4 nitrogen and oxygen atoms in total. The van der Waals surface area contributed by atoms with Crippen LogP contribution in [0.4, 0.5) is 0 Å². The molecule has 0 spiro atoms. The lowest BCUT2D eigenvalue weighted by molar-refractivity contribution is 0.475. The van der Waals surface area contributed by atoms with Crippen molar-refractivity contribution in [3.8, 4) is 45.3 Å². The molecule has 4 heteroatoms. The fourth-order valence-electron chi connectivity index (χ4n) is 3.53. The summed E-state index contributed by atoms with van der Waals surface area (Å²) < 4.78 is 2.02. The number of aromatic hydroxyl groups is 1. The summed E-state index contributed by atoms with van der Waals surface area (Å²) in [5, 5.41) is 18.7. The van der Waals surface area contributed by atoms with E-state index < -0.39 is 0 Å². The second-order valence-corrected chi connectivity index (χ2v) is 7.01. The normalized spacial score (nSPS) is 10.8. The van der Waals surface area contributed by atoms with E-state index in [9.17, 15) is 5.11 Å². The van der Waals surface area contributed by atoms with Crippen LogP contribution in [0.5, 0.6) is 5.75 Å². The minimum atomic E-state index is 0.224. The molecular formula is C26H19N3O. The van der Waals surface area contributed by atoms with E-state index in [2.05, 4.69) is 46.6 Å². The SMILES string of the molecule is Oc1ccc(-n2c(-c3ccccc3)nnc2-c2ccc(-c3ccccc3)cc2)cc1. The van der Waals surface area contributed by atoms with Gasteiger partial charge in [0.15, 0.2) is 11.6 Å². The molecular weight excluding hydrogens is 370 g/mol. The summed E-state index contributed by atoms with van der Waals surface area (Å²) in [6.07, 6.45) is 0. The van der Waals surface area contributed by atoms with E-state index in [0.29, 0.717) is 0 Å². The lowest BCUT2D eigenvalue weighted by Crippen LogP contribution is -2.00. The first kappa shape index (κ1) is 17.9. The van der Waals surface area contributed by atoms with Crippen molar-refractivity contribution in [1.82, 2.24) is 14.8 Å². The number of aromatic nitrogens is 3. The third-order valence-corrected chi connectivity index (χ3v) is 5.05. The molecule has 30 heavy (non-hydrogen) atoms. The zero-order chi connectivity index (χ0) is 20.3. The molecule has 0 saturated carbocycles. The van der Waals surface area contributed by atoms with Gasteiger partial charge in [-0.25, -0.2) is 0 Å². The fraction of sp³-hybridized carbons (Fsp3) is 0. The first-order valence-corrected chi connectivity index (χ1v) is 9.76. The van der Waals surface area contributed by atoms with Crippen LogP contribution in [0.3, 0.4) is 0 Å². The van der Waals surface area contributed by atoms with Gasteiger partial charge in [0.05, 0.1) is 0 Å². The first-order chi connectivity index (χ1) is 14.8. The number of phenols is 1. The topological polar surface area (TPSA) is 50.9 Å². The molecule has 144 valence electrons. The van der Waals surface area contributed by atoms with Crippen LogP contribution in [-0.4, -0.2) is 19.9 Å². The van der Waals surface area contributed by atoms with Crippen molar-refractivity contribution in [2.75, 3.05) is 0 Å². The van der Waals surface area contributed by atoms with Crippen LogP contribution in [-0.2, 0) is 0 Å². The monoisotopic (exact) mass is 389 g/mol. The van der Waals surface area contributed by atoms with E-state index in [0.717, 1.165) is 34.0 Å². The number of phenolic OH excluding ortho intramolecular Hbond substituents is 1. The molecule has 5 aromatic rings. The maximum absolute atomic E-state index is 9.73. The predicted octanol–water partition coefficient (Wildman–Crippen LogP) is 5.97. The fourth-order valence-corrected chi connectivity index (χ4v) is 3.53. The number of hydrogen-bond acceptors (Lipinski definition) is 3. The Morgan fingerprint density at radius 1 is 0.467 bits per heavy atom. The van der Waals surface area contributed by atoms with Crippen molar-refractivity contribution in [3.63, 3.8) is 0 Å². The Morgan fingerprint density at radius 2 is 0.900 bits per heavy atom. The Hall–Kier alpha value is -4.18. The molecule has 0 saturated heterocycles. The Bertz CT molecular complexity index is 1260. The lowest BCUT2D eigenvalue weighted by atomic mass is 10.0. The molecule has 0 aliphatic heterocycles. The molecule has 0 unspecified atom stereocenters. The summed E-state index contributed by atoms with van der Waals surface area (Å²) in [4.78, 5) is 0. The average Bonchev–Trinajstić information content (AvgIpc) is 3.26. The van der Waals surface area contributed by atoms with Crippen molar-refractivity contribution in [2.24, 2.45) is 0 Å². The van der Waals surface area contributed by atoms with Crippen molar-refractivity contribution < 1.29 is 5.11 Å². The molecule has 0 radical (unpaired) electrons. The molecule has 0 amide bonds. The molecule has 0 atom stereocenters. The summed E-state index contributed by atoms with van der Waals surface area (Å²) in [7, 11) is 0. The van der Waals surface area contributed by atoms with E-state index in [4.69, 9.17) is 0 Å². The van der Waals surface area contributed by atoms with Gasteiger partial charge in [0, 0.05) is 16.8 Å². The van der Waals surface area contributed by atoms with E-state index in [1.807, 2.05) is 65.2 Å². The Labute approximate surface area is 174 Å². The van der Waals surface area contributed by atoms with Gasteiger partial charge in [0.2, 0.25) is 0 Å². The molecule has 0 fully saturated rings. The van der Waals surface area contributed by atoms with Crippen molar-refractivity contribution >= 4 is 0 Å².